The summed E-state index contributed by atoms with van der Waals surface area (Å²) in [7, 11) is 0. The normalized spacial score (nSPS) is 14.7. The van der Waals surface area contributed by atoms with Crippen LogP contribution in [0, 0.1) is 19.3 Å². The van der Waals surface area contributed by atoms with Gasteiger partial charge in [0.15, 0.2) is 0 Å². The lowest BCUT2D eigenvalue weighted by Gasteiger charge is -2.21. The van der Waals surface area contributed by atoms with Crippen molar-refractivity contribution in [3.05, 3.63) is 45.6 Å². The van der Waals surface area contributed by atoms with E-state index in [1.54, 1.807) is 4.90 Å². The van der Waals surface area contributed by atoms with Gasteiger partial charge >= 0.3 is 0 Å². The van der Waals surface area contributed by atoms with Crippen molar-refractivity contribution in [1.29, 1.82) is 5.41 Å². The first-order valence-electron chi connectivity index (χ1n) is 7.47. The molecule has 0 saturated carbocycles. The first-order chi connectivity index (χ1) is 11.0. The van der Waals surface area contributed by atoms with Gasteiger partial charge in [0.1, 0.15) is 22.4 Å². The quantitative estimate of drug-likeness (QED) is 0.892. The van der Waals surface area contributed by atoms with E-state index in [0.29, 0.717) is 22.9 Å². The molecule has 1 aliphatic rings. The Hall–Kier alpha value is -2.34. The molecule has 6 heteroatoms. The van der Waals surface area contributed by atoms with Crippen molar-refractivity contribution >= 4 is 28.4 Å². The number of aliphatic hydroxyl groups is 1. The summed E-state index contributed by atoms with van der Waals surface area (Å²) in [6.07, 6.45) is 0. The van der Waals surface area contributed by atoms with Crippen LogP contribution in [0.25, 0.3) is 5.57 Å². The molecule has 0 saturated heterocycles. The fourth-order valence-electron chi connectivity index (χ4n) is 2.55. The maximum atomic E-state index is 10.4. The van der Waals surface area contributed by atoms with Crippen LogP contribution in [0.5, 0.6) is 5.75 Å². The van der Waals surface area contributed by atoms with Crippen molar-refractivity contribution in [2.24, 2.45) is 0 Å². The van der Waals surface area contributed by atoms with E-state index in [-0.39, 0.29) is 18.1 Å². The molecule has 5 nitrogen and oxygen atoms in total. The lowest BCUT2D eigenvalue weighted by Crippen LogP contribution is -2.26. The Kier molecular flexibility index (Phi) is 4.09. The molecule has 2 N–H and O–H groups in total. The highest BCUT2D eigenvalue weighted by Gasteiger charge is 2.32. The summed E-state index contributed by atoms with van der Waals surface area (Å²) in [4.78, 5) is 7.33. The van der Waals surface area contributed by atoms with Crippen LogP contribution in [0.15, 0.2) is 30.0 Å². The Bertz CT molecular complexity index is 775. The van der Waals surface area contributed by atoms with Gasteiger partial charge in [0.25, 0.3) is 0 Å². The number of anilines is 1. The van der Waals surface area contributed by atoms with Crippen molar-refractivity contribution in [3.63, 3.8) is 0 Å². The summed E-state index contributed by atoms with van der Waals surface area (Å²) in [5.74, 6) is 1.14. The highest BCUT2D eigenvalue weighted by atomic mass is 32.1. The SMILES string of the molecule is CCOc1ccccc1N1CC(O)=C(c2nc(C)c(C)s2)C1=N. The number of hydrogen-bond acceptors (Lipinski definition) is 5. The van der Waals surface area contributed by atoms with Crippen molar-refractivity contribution in [1.82, 2.24) is 4.98 Å². The van der Waals surface area contributed by atoms with E-state index in [1.165, 1.54) is 11.3 Å². The molecule has 23 heavy (non-hydrogen) atoms. The van der Waals surface area contributed by atoms with Crippen LogP contribution in [0.4, 0.5) is 5.69 Å². The van der Waals surface area contributed by atoms with Gasteiger partial charge in [0.05, 0.1) is 30.1 Å². The standard InChI is InChI=1S/C17H19N3O2S/c1-4-22-14-8-6-5-7-12(14)20-9-13(21)15(16(20)18)17-19-10(2)11(3)23-17/h5-8,18,21H,4,9H2,1-3H3. The van der Waals surface area contributed by atoms with Crippen LogP contribution >= 0.6 is 11.3 Å². The summed E-state index contributed by atoms with van der Waals surface area (Å²) >= 11 is 1.50. The number of thiazole rings is 1. The largest absolute Gasteiger partial charge is 0.510 e. The third-order valence-electron chi connectivity index (χ3n) is 3.80. The minimum absolute atomic E-state index is 0.176. The molecule has 1 aliphatic heterocycles. The number of amidine groups is 1. The fraction of sp³-hybridized carbons (Fsp3) is 0.294. The molecule has 2 heterocycles. The monoisotopic (exact) mass is 329 g/mol. The van der Waals surface area contributed by atoms with Crippen molar-refractivity contribution < 1.29 is 9.84 Å². The van der Waals surface area contributed by atoms with Gasteiger partial charge in [-0.2, -0.15) is 0 Å². The second kappa shape index (κ2) is 6.04. The smallest absolute Gasteiger partial charge is 0.142 e. The van der Waals surface area contributed by atoms with E-state index in [9.17, 15) is 5.11 Å². The minimum Gasteiger partial charge on any atom is -0.510 e. The number of aryl methyl sites for hydroxylation is 2. The lowest BCUT2D eigenvalue weighted by molar-refractivity contribution is 0.341. The Labute approximate surface area is 139 Å². The summed E-state index contributed by atoms with van der Waals surface area (Å²) in [6.45, 7) is 6.67. The molecular weight excluding hydrogens is 310 g/mol. The Morgan fingerprint density at radius 2 is 2.09 bits per heavy atom. The molecule has 0 spiro atoms. The van der Waals surface area contributed by atoms with Crippen LogP contribution < -0.4 is 9.64 Å². The Morgan fingerprint density at radius 3 is 2.74 bits per heavy atom. The first kappa shape index (κ1) is 15.6. The minimum atomic E-state index is 0.176. The predicted octanol–water partition coefficient (Wildman–Crippen LogP) is 3.93. The van der Waals surface area contributed by atoms with E-state index in [1.807, 2.05) is 45.0 Å². The van der Waals surface area contributed by atoms with Gasteiger partial charge in [-0.1, -0.05) is 12.1 Å². The van der Waals surface area contributed by atoms with Crippen molar-refractivity contribution in [3.8, 4) is 5.75 Å². The average Bonchev–Trinajstić information content (AvgIpc) is 2.99. The van der Waals surface area contributed by atoms with E-state index < -0.39 is 0 Å². The fourth-order valence-corrected chi connectivity index (χ4v) is 3.53. The maximum Gasteiger partial charge on any atom is 0.142 e. The van der Waals surface area contributed by atoms with Gasteiger partial charge in [0.2, 0.25) is 0 Å². The van der Waals surface area contributed by atoms with Crippen LogP contribution in [0.1, 0.15) is 22.5 Å². The zero-order valence-corrected chi connectivity index (χ0v) is 14.2. The topological polar surface area (TPSA) is 69.4 Å². The van der Waals surface area contributed by atoms with Gasteiger partial charge in [0, 0.05) is 4.88 Å². The molecule has 3 rings (SSSR count). The van der Waals surface area contributed by atoms with E-state index in [4.69, 9.17) is 10.1 Å². The second-order valence-electron chi connectivity index (χ2n) is 5.32. The number of rotatable bonds is 4. The van der Waals surface area contributed by atoms with E-state index >= 15 is 0 Å². The summed E-state index contributed by atoms with van der Waals surface area (Å²) in [5, 5.41) is 19.6. The molecule has 0 amide bonds. The molecule has 1 aromatic heterocycles. The maximum absolute atomic E-state index is 10.4. The van der Waals surface area contributed by atoms with Crippen LogP contribution in [-0.4, -0.2) is 29.1 Å². The van der Waals surface area contributed by atoms with Crippen LogP contribution in [0.3, 0.4) is 0 Å². The number of aromatic nitrogens is 1. The van der Waals surface area contributed by atoms with Crippen molar-refractivity contribution in [2.45, 2.75) is 20.8 Å². The molecule has 1 aromatic carbocycles. The molecule has 0 unspecified atom stereocenters. The molecule has 0 fully saturated rings. The Balaban J connectivity index is 1.97. The lowest BCUT2D eigenvalue weighted by atomic mass is 10.2. The summed E-state index contributed by atoms with van der Waals surface area (Å²) in [6, 6.07) is 7.57. The number of para-hydroxylation sites is 2. The second-order valence-corrected chi connectivity index (χ2v) is 6.52. The molecular formula is C17H19N3O2S. The van der Waals surface area contributed by atoms with Gasteiger partial charge in [-0.05, 0) is 32.9 Å². The third-order valence-corrected chi connectivity index (χ3v) is 4.89. The average molecular weight is 329 g/mol. The van der Waals surface area contributed by atoms with Gasteiger partial charge in [-0.15, -0.1) is 11.3 Å². The highest BCUT2D eigenvalue weighted by molar-refractivity contribution is 7.13. The number of nitrogens with zero attached hydrogens (tertiary/aromatic N) is 2. The van der Waals surface area contributed by atoms with E-state index in [0.717, 1.165) is 16.3 Å². The third kappa shape index (κ3) is 2.70. The molecule has 0 atom stereocenters. The number of benzene rings is 1. The first-order valence-corrected chi connectivity index (χ1v) is 8.29. The summed E-state index contributed by atoms with van der Waals surface area (Å²) in [5.41, 5.74) is 2.23. The zero-order valence-electron chi connectivity index (χ0n) is 13.4. The van der Waals surface area contributed by atoms with Crippen LogP contribution in [-0.2, 0) is 0 Å². The van der Waals surface area contributed by atoms with Gasteiger partial charge in [-0.3, -0.25) is 5.41 Å². The number of aliphatic hydroxyl groups excluding tert-OH is 1. The number of hydrogen-bond donors (Lipinski definition) is 2. The van der Waals surface area contributed by atoms with Crippen molar-refractivity contribution in [2.75, 3.05) is 18.1 Å². The van der Waals surface area contributed by atoms with Gasteiger partial charge < -0.3 is 14.7 Å². The predicted molar refractivity (Wildman–Crippen MR) is 93.8 cm³/mol. The molecule has 0 bridgehead atoms. The molecule has 0 radical (unpaired) electrons. The number of ether oxygens (including phenoxy) is 1. The van der Waals surface area contributed by atoms with E-state index in [2.05, 4.69) is 4.98 Å². The zero-order chi connectivity index (χ0) is 16.6. The molecule has 2 aromatic rings. The van der Waals surface area contributed by atoms with Crippen LogP contribution in [0.2, 0.25) is 0 Å². The summed E-state index contributed by atoms with van der Waals surface area (Å²) < 4.78 is 5.65. The highest BCUT2D eigenvalue weighted by Crippen LogP contribution is 2.37. The Morgan fingerprint density at radius 1 is 1.35 bits per heavy atom. The molecule has 120 valence electrons. The molecule has 0 aliphatic carbocycles. The van der Waals surface area contributed by atoms with Gasteiger partial charge in [-0.25, -0.2) is 4.98 Å². The number of nitrogens with one attached hydrogen (secondary N) is 1.